The molecule has 0 fully saturated rings. The molecule has 0 radical (unpaired) electrons. The third-order valence-corrected chi connectivity index (χ3v) is 12.1. The molecule has 0 bridgehead atoms. The van der Waals surface area contributed by atoms with Crippen molar-refractivity contribution in [3.63, 3.8) is 0 Å². The van der Waals surface area contributed by atoms with Gasteiger partial charge in [0.2, 0.25) is 0 Å². The molecule has 2 rings (SSSR count). The van der Waals surface area contributed by atoms with Gasteiger partial charge in [0, 0.05) is 34.1 Å². The highest BCUT2D eigenvalue weighted by Crippen LogP contribution is 2.36. The van der Waals surface area contributed by atoms with Gasteiger partial charge in [-0.15, -0.1) is 22.7 Å². The van der Waals surface area contributed by atoms with E-state index in [0.29, 0.717) is 0 Å². The van der Waals surface area contributed by atoms with E-state index in [9.17, 15) is 0 Å². The monoisotopic (exact) mass is 410 g/mol. The van der Waals surface area contributed by atoms with Gasteiger partial charge in [-0.05, 0) is 60.6 Å². The topological polar surface area (TPSA) is 18.5 Å². The predicted molar refractivity (Wildman–Crippen MR) is 118 cm³/mol. The molecule has 0 aromatic carbocycles. The third-order valence-electron chi connectivity index (χ3n) is 5.20. The molecule has 26 heavy (non-hydrogen) atoms. The molecule has 0 amide bonds. The highest BCUT2D eigenvalue weighted by atomic mass is 32.1. The fourth-order valence-corrected chi connectivity index (χ4v) is 5.44. The Bertz CT molecular complexity index is 695. The maximum absolute atomic E-state index is 6.31. The van der Waals surface area contributed by atoms with Gasteiger partial charge in [0.25, 0.3) is 0 Å². The summed E-state index contributed by atoms with van der Waals surface area (Å²) in [7, 11) is -1.64. The van der Waals surface area contributed by atoms with Gasteiger partial charge in [-0.25, -0.2) is 0 Å². The second kappa shape index (κ2) is 9.15. The zero-order chi connectivity index (χ0) is 19.4. The molecule has 0 saturated heterocycles. The average Bonchev–Trinajstić information content (AvgIpc) is 3.08. The molecule has 0 aliphatic heterocycles. The van der Waals surface area contributed by atoms with Crippen LogP contribution in [0.1, 0.15) is 46.5 Å². The van der Waals surface area contributed by atoms with Crippen LogP contribution in [0.4, 0.5) is 0 Å². The van der Waals surface area contributed by atoms with Gasteiger partial charge in [0.15, 0.2) is 8.32 Å². The minimum Gasteiger partial charge on any atom is -0.416 e. The zero-order valence-corrected chi connectivity index (χ0v) is 20.0. The summed E-state index contributed by atoms with van der Waals surface area (Å²) in [5, 5.41) is 2.48. The Labute approximate surface area is 168 Å². The first-order valence-corrected chi connectivity index (χ1v) is 14.0. The van der Waals surface area contributed by atoms with Crippen molar-refractivity contribution in [1.82, 2.24) is 0 Å². The van der Waals surface area contributed by atoms with Gasteiger partial charge in [0.1, 0.15) is 0 Å². The lowest BCUT2D eigenvalue weighted by Gasteiger charge is -2.36. The maximum atomic E-state index is 6.31. The van der Waals surface area contributed by atoms with Crippen LogP contribution in [0.25, 0.3) is 0 Å². The minimum atomic E-state index is -1.64. The fraction of sp³-hybridized carbons (Fsp3) is 0.619. The summed E-state index contributed by atoms with van der Waals surface area (Å²) < 4.78 is 12.2. The van der Waals surface area contributed by atoms with Crippen LogP contribution in [-0.4, -0.2) is 21.5 Å². The number of rotatable bonds is 9. The summed E-state index contributed by atoms with van der Waals surface area (Å²) >= 11 is 3.71. The number of ether oxygens (including phenoxy) is 1. The molecule has 0 aliphatic carbocycles. The first kappa shape index (κ1) is 21.8. The molecule has 2 heterocycles. The summed E-state index contributed by atoms with van der Waals surface area (Å²) in [5.41, 5.74) is 2.70. The summed E-state index contributed by atoms with van der Waals surface area (Å²) in [6.07, 6.45) is 2.02. The molecular formula is C21H34O2S2Si. The van der Waals surface area contributed by atoms with Gasteiger partial charge in [-0.1, -0.05) is 20.8 Å². The summed E-state index contributed by atoms with van der Waals surface area (Å²) in [4.78, 5) is 4.18. The fourth-order valence-electron chi connectivity index (χ4n) is 2.44. The number of hydrogen-bond donors (Lipinski definition) is 0. The van der Waals surface area contributed by atoms with E-state index in [2.05, 4.69) is 65.2 Å². The van der Waals surface area contributed by atoms with E-state index in [1.165, 1.54) is 25.8 Å². The highest BCUT2D eigenvalue weighted by Gasteiger charge is 2.36. The van der Waals surface area contributed by atoms with Crippen LogP contribution in [0.15, 0.2) is 17.5 Å². The molecule has 2 aromatic rings. The van der Waals surface area contributed by atoms with Crippen molar-refractivity contribution in [1.29, 1.82) is 0 Å². The normalized spacial score (nSPS) is 12.7. The second-order valence-electron chi connectivity index (χ2n) is 8.57. The third kappa shape index (κ3) is 6.31. The molecule has 0 N–H and O–H groups in total. The van der Waals surface area contributed by atoms with E-state index in [-0.39, 0.29) is 5.04 Å². The quantitative estimate of drug-likeness (QED) is 0.336. The first-order chi connectivity index (χ1) is 12.1. The van der Waals surface area contributed by atoms with Gasteiger partial charge in [-0.3, -0.25) is 0 Å². The molecule has 0 saturated carbocycles. The first-order valence-electron chi connectivity index (χ1n) is 9.42. The molecule has 0 unspecified atom stereocenters. The van der Waals surface area contributed by atoms with E-state index in [0.717, 1.165) is 32.7 Å². The van der Waals surface area contributed by atoms with Crippen molar-refractivity contribution < 1.29 is 9.16 Å². The summed E-state index contributed by atoms with van der Waals surface area (Å²) in [6.45, 7) is 18.2. The van der Waals surface area contributed by atoms with Crippen LogP contribution in [0.3, 0.4) is 0 Å². The van der Waals surface area contributed by atoms with Crippen LogP contribution in [0, 0.1) is 13.8 Å². The van der Waals surface area contributed by atoms with E-state index in [1.807, 2.05) is 22.7 Å². The smallest absolute Gasteiger partial charge is 0.191 e. The second-order valence-corrected chi connectivity index (χ2v) is 15.6. The Balaban J connectivity index is 1.75. The molecule has 0 atom stereocenters. The van der Waals surface area contributed by atoms with Gasteiger partial charge < -0.3 is 9.16 Å². The van der Waals surface area contributed by atoms with Crippen LogP contribution in [-0.2, 0) is 28.6 Å². The van der Waals surface area contributed by atoms with Gasteiger partial charge >= 0.3 is 0 Å². The van der Waals surface area contributed by atoms with Crippen molar-refractivity contribution >= 4 is 31.0 Å². The molecule has 0 spiro atoms. The minimum absolute atomic E-state index is 0.276. The Morgan fingerprint density at radius 1 is 1.00 bits per heavy atom. The van der Waals surface area contributed by atoms with E-state index in [1.54, 1.807) is 0 Å². The van der Waals surface area contributed by atoms with Crippen molar-refractivity contribution in [2.75, 3.05) is 13.2 Å². The zero-order valence-electron chi connectivity index (χ0n) is 17.4. The van der Waals surface area contributed by atoms with Crippen LogP contribution in [0.2, 0.25) is 18.1 Å². The number of hydrogen-bond acceptors (Lipinski definition) is 4. The van der Waals surface area contributed by atoms with Crippen LogP contribution in [0.5, 0.6) is 0 Å². The Morgan fingerprint density at radius 2 is 1.69 bits per heavy atom. The lowest BCUT2D eigenvalue weighted by atomic mass is 10.2. The lowest BCUT2D eigenvalue weighted by molar-refractivity contribution is 0.126. The van der Waals surface area contributed by atoms with E-state index in [4.69, 9.17) is 9.16 Å². The Kier molecular flexibility index (Phi) is 7.69. The Morgan fingerprint density at radius 3 is 2.31 bits per heavy atom. The summed E-state index contributed by atoms with van der Waals surface area (Å²) in [5.74, 6) is 0. The maximum Gasteiger partial charge on any atom is 0.191 e. The van der Waals surface area contributed by atoms with Crippen molar-refractivity contribution in [3.05, 3.63) is 43.3 Å². The molecule has 0 aliphatic rings. The highest BCUT2D eigenvalue weighted by molar-refractivity contribution is 7.12. The Hall–Kier alpha value is -0.463. The van der Waals surface area contributed by atoms with Crippen molar-refractivity contribution in [2.24, 2.45) is 0 Å². The van der Waals surface area contributed by atoms with E-state index >= 15 is 0 Å². The van der Waals surface area contributed by atoms with E-state index < -0.39 is 8.32 Å². The van der Waals surface area contributed by atoms with Gasteiger partial charge in [0.05, 0.1) is 13.2 Å². The molecule has 2 aromatic heterocycles. The molecular weight excluding hydrogens is 376 g/mol. The standard InChI is InChI=1S/C21H34O2S2Si/c1-16-12-18(24-15-16)8-10-22-14-20-17(2)13-19(25-20)9-11-23-26(6,7)21(3,4)5/h12-13,15H,8-11,14H2,1-7H3. The number of aryl methyl sites for hydroxylation is 2. The lowest BCUT2D eigenvalue weighted by Crippen LogP contribution is -2.41. The predicted octanol–water partition coefficient (Wildman–Crippen LogP) is 6.75. The van der Waals surface area contributed by atoms with Crippen molar-refractivity contribution in [2.45, 2.75) is 72.2 Å². The molecule has 2 nitrogen and oxygen atoms in total. The van der Waals surface area contributed by atoms with Crippen LogP contribution < -0.4 is 0 Å². The average molecular weight is 411 g/mol. The van der Waals surface area contributed by atoms with Crippen LogP contribution >= 0.6 is 22.7 Å². The number of thiophene rings is 2. The summed E-state index contributed by atoms with van der Waals surface area (Å²) in [6, 6.07) is 4.56. The van der Waals surface area contributed by atoms with Gasteiger partial charge in [-0.2, -0.15) is 0 Å². The largest absolute Gasteiger partial charge is 0.416 e. The molecule has 146 valence electrons. The van der Waals surface area contributed by atoms with Crippen molar-refractivity contribution in [3.8, 4) is 0 Å². The SMILES string of the molecule is Cc1csc(CCOCc2sc(CCO[Si](C)(C)C(C)(C)C)cc2C)c1. The molecule has 5 heteroatoms.